The Labute approximate surface area is 153 Å². The molecule has 0 spiro atoms. The van der Waals surface area contributed by atoms with E-state index in [1.165, 1.54) is 33.5 Å². The average molecular weight is 334 g/mol. The smallest absolute Gasteiger partial charge is 0.0764 e. The Bertz CT molecular complexity index is 1100. The van der Waals surface area contributed by atoms with Crippen molar-refractivity contribution in [3.05, 3.63) is 103 Å². The second-order valence-electron chi connectivity index (χ2n) is 6.48. The molecule has 2 heterocycles. The van der Waals surface area contributed by atoms with Crippen LogP contribution in [0.3, 0.4) is 0 Å². The van der Waals surface area contributed by atoms with Crippen LogP contribution >= 0.6 is 0 Å². The largest absolute Gasteiger partial charge is 0.317 e. The molecule has 0 saturated heterocycles. The van der Waals surface area contributed by atoms with Crippen molar-refractivity contribution in [2.24, 2.45) is 0 Å². The van der Waals surface area contributed by atoms with Crippen molar-refractivity contribution >= 4 is 22.3 Å². The molecule has 5 rings (SSSR count). The maximum atomic E-state index is 4.75. The lowest BCUT2D eigenvalue weighted by Crippen LogP contribution is -2.14. The SMILES string of the molecule is C1=CN(c2ccccc2)c2ccc3c(-c4ccccc4)ccnc3c2C1. The summed E-state index contributed by atoms with van der Waals surface area (Å²) in [5, 5.41) is 1.21. The van der Waals surface area contributed by atoms with Gasteiger partial charge >= 0.3 is 0 Å². The first-order chi connectivity index (χ1) is 12.9. The van der Waals surface area contributed by atoms with Crippen LogP contribution in [0.2, 0.25) is 0 Å². The van der Waals surface area contributed by atoms with E-state index in [-0.39, 0.29) is 0 Å². The number of allylic oxidation sites excluding steroid dienone is 1. The molecule has 0 saturated carbocycles. The summed E-state index contributed by atoms with van der Waals surface area (Å²) >= 11 is 0. The van der Waals surface area contributed by atoms with Crippen LogP contribution in [-0.2, 0) is 6.42 Å². The molecule has 1 aromatic heterocycles. The molecule has 0 bridgehead atoms. The normalized spacial score (nSPS) is 13.0. The van der Waals surface area contributed by atoms with E-state index in [4.69, 9.17) is 4.98 Å². The van der Waals surface area contributed by atoms with Gasteiger partial charge in [-0.15, -0.1) is 0 Å². The highest BCUT2D eigenvalue weighted by atomic mass is 15.1. The molecule has 0 radical (unpaired) electrons. The Balaban J connectivity index is 1.72. The van der Waals surface area contributed by atoms with Crippen LogP contribution in [0.25, 0.3) is 22.0 Å². The van der Waals surface area contributed by atoms with Crippen molar-refractivity contribution in [3.8, 4) is 11.1 Å². The van der Waals surface area contributed by atoms with Gasteiger partial charge in [0.15, 0.2) is 0 Å². The summed E-state index contributed by atoms with van der Waals surface area (Å²) in [7, 11) is 0. The summed E-state index contributed by atoms with van der Waals surface area (Å²) in [5.74, 6) is 0. The van der Waals surface area contributed by atoms with Crippen LogP contribution in [0.4, 0.5) is 11.4 Å². The molecule has 3 aromatic carbocycles. The van der Waals surface area contributed by atoms with Gasteiger partial charge in [-0.3, -0.25) is 4.98 Å². The lowest BCUT2D eigenvalue weighted by molar-refractivity contribution is 1.14. The molecule has 0 unspecified atom stereocenters. The fourth-order valence-corrected chi connectivity index (χ4v) is 3.73. The first-order valence-electron chi connectivity index (χ1n) is 8.89. The standard InChI is InChI=1S/C24H18N2/c1-3-8-18(9-4-1)20-15-16-25-24-21(20)13-14-23-22(24)12-7-17-26(23)19-10-5-2-6-11-19/h1-11,13-17H,12H2. The number of benzene rings is 3. The lowest BCUT2D eigenvalue weighted by atomic mass is 9.95. The zero-order valence-electron chi connectivity index (χ0n) is 14.3. The predicted octanol–water partition coefficient (Wildman–Crippen LogP) is 6.11. The van der Waals surface area contributed by atoms with Crippen molar-refractivity contribution in [3.63, 3.8) is 0 Å². The maximum absolute atomic E-state index is 4.75. The van der Waals surface area contributed by atoms with Crippen molar-refractivity contribution in [1.29, 1.82) is 0 Å². The Kier molecular flexibility index (Phi) is 3.53. The van der Waals surface area contributed by atoms with E-state index in [2.05, 4.69) is 90.0 Å². The Morgan fingerprint density at radius 2 is 1.54 bits per heavy atom. The summed E-state index contributed by atoms with van der Waals surface area (Å²) in [5.41, 5.74) is 7.22. The van der Waals surface area contributed by atoms with Crippen LogP contribution in [0, 0.1) is 0 Å². The number of para-hydroxylation sites is 1. The van der Waals surface area contributed by atoms with E-state index >= 15 is 0 Å². The number of hydrogen-bond acceptors (Lipinski definition) is 2. The molecule has 0 N–H and O–H groups in total. The molecule has 4 aromatic rings. The number of pyridine rings is 1. The highest BCUT2D eigenvalue weighted by molar-refractivity contribution is 5.99. The molecular formula is C24H18N2. The highest BCUT2D eigenvalue weighted by Gasteiger charge is 2.18. The van der Waals surface area contributed by atoms with E-state index in [1.807, 2.05) is 12.3 Å². The number of rotatable bonds is 2. The van der Waals surface area contributed by atoms with Gasteiger partial charge in [0, 0.05) is 29.0 Å². The van der Waals surface area contributed by atoms with Crippen molar-refractivity contribution in [2.75, 3.05) is 4.90 Å². The molecular weight excluding hydrogens is 316 g/mol. The minimum Gasteiger partial charge on any atom is -0.317 e. The molecule has 0 aliphatic carbocycles. The van der Waals surface area contributed by atoms with E-state index in [0.717, 1.165) is 11.9 Å². The van der Waals surface area contributed by atoms with E-state index in [0.29, 0.717) is 0 Å². The van der Waals surface area contributed by atoms with Crippen LogP contribution in [-0.4, -0.2) is 4.98 Å². The van der Waals surface area contributed by atoms with Crippen molar-refractivity contribution < 1.29 is 0 Å². The molecule has 2 heteroatoms. The lowest BCUT2D eigenvalue weighted by Gasteiger charge is -2.27. The third-order valence-corrected chi connectivity index (χ3v) is 4.95. The number of anilines is 2. The van der Waals surface area contributed by atoms with Crippen molar-refractivity contribution in [1.82, 2.24) is 4.98 Å². The minimum atomic E-state index is 0.904. The van der Waals surface area contributed by atoms with Crippen molar-refractivity contribution in [2.45, 2.75) is 6.42 Å². The number of hydrogen-bond donors (Lipinski definition) is 0. The van der Waals surface area contributed by atoms with Gasteiger partial charge in [-0.2, -0.15) is 0 Å². The fourth-order valence-electron chi connectivity index (χ4n) is 3.73. The summed E-state index contributed by atoms with van der Waals surface area (Å²) in [6.45, 7) is 0. The van der Waals surface area contributed by atoms with Crippen LogP contribution in [0.15, 0.2) is 97.3 Å². The van der Waals surface area contributed by atoms with Gasteiger partial charge in [0.25, 0.3) is 0 Å². The molecule has 0 fully saturated rings. The predicted molar refractivity (Wildman–Crippen MR) is 109 cm³/mol. The maximum Gasteiger partial charge on any atom is 0.0764 e. The second-order valence-corrected chi connectivity index (χ2v) is 6.48. The average Bonchev–Trinajstić information content (AvgIpc) is 2.74. The molecule has 26 heavy (non-hydrogen) atoms. The third kappa shape index (κ3) is 2.39. The van der Waals surface area contributed by atoms with Gasteiger partial charge in [-0.1, -0.05) is 60.7 Å². The van der Waals surface area contributed by atoms with Crippen LogP contribution < -0.4 is 4.90 Å². The van der Waals surface area contributed by atoms with E-state index < -0.39 is 0 Å². The molecule has 0 amide bonds. The number of fused-ring (bicyclic) bond motifs is 3. The monoisotopic (exact) mass is 334 g/mol. The van der Waals surface area contributed by atoms with Gasteiger partial charge in [-0.25, -0.2) is 0 Å². The molecule has 2 nitrogen and oxygen atoms in total. The first kappa shape index (κ1) is 14.9. The molecule has 124 valence electrons. The Hall–Kier alpha value is -3.39. The fraction of sp³-hybridized carbons (Fsp3) is 0.0417. The summed E-state index contributed by atoms with van der Waals surface area (Å²) in [4.78, 5) is 6.99. The zero-order chi connectivity index (χ0) is 17.3. The van der Waals surface area contributed by atoms with Gasteiger partial charge in [-0.05, 0) is 41.8 Å². The van der Waals surface area contributed by atoms with E-state index in [9.17, 15) is 0 Å². The molecule has 1 aliphatic heterocycles. The molecule has 1 aliphatic rings. The van der Waals surface area contributed by atoms with Gasteiger partial charge in [0.2, 0.25) is 0 Å². The molecule has 0 atom stereocenters. The van der Waals surface area contributed by atoms with E-state index in [1.54, 1.807) is 0 Å². The quantitative estimate of drug-likeness (QED) is 0.440. The number of nitrogens with zero attached hydrogens (tertiary/aromatic N) is 2. The number of aromatic nitrogens is 1. The summed E-state index contributed by atoms with van der Waals surface area (Å²) in [6.07, 6.45) is 7.20. The van der Waals surface area contributed by atoms with Crippen LogP contribution in [0.1, 0.15) is 5.56 Å². The van der Waals surface area contributed by atoms with Crippen LogP contribution in [0.5, 0.6) is 0 Å². The zero-order valence-corrected chi connectivity index (χ0v) is 14.3. The van der Waals surface area contributed by atoms with Gasteiger partial charge in [0.05, 0.1) is 11.2 Å². The topological polar surface area (TPSA) is 16.1 Å². The highest BCUT2D eigenvalue weighted by Crippen LogP contribution is 2.38. The Morgan fingerprint density at radius 1 is 0.769 bits per heavy atom. The minimum absolute atomic E-state index is 0.904. The van der Waals surface area contributed by atoms with Gasteiger partial charge < -0.3 is 4.90 Å². The Morgan fingerprint density at radius 3 is 2.35 bits per heavy atom. The first-order valence-corrected chi connectivity index (χ1v) is 8.89. The summed E-state index contributed by atoms with van der Waals surface area (Å²) < 4.78 is 0. The summed E-state index contributed by atoms with van der Waals surface area (Å²) in [6, 6.07) is 27.5. The second kappa shape index (κ2) is 6.16. The van der Waals surface area contributed by atoms with Gasteiger partial charge in [0.1, 0.15) is 0 Å². The third-order valence-electron chi connectivity index (χ3n) is 4.95.